The fourth-order valence-electron chi connectivity index (χ4n) is 3.73. The zero-order valence-corrected chi connectivity index (χ0v) is 19.9. The smallest absolute Gasteiger partial charge is 0.160 e. The Labute approximate surface area is 197 Å². The number of hydrogen-bond donors (Lipinski definition) is 2. The average Bonchev–Trinajstić information content (AvgIpc) is 3.44. The predicted molar refractivity (Wildman–Crippen MR) is 132 cm³/mol. The maximum absolute atomic E-state index is 10.4. The lowest BCUT2D eigenvalue weighted by Crippen LogP contribution is -2.32. The first-order valence-corrected chi connectivity index (χ1v) is 11.7. The van der Waals surface area contributed by atoms with Crippen LogP contribution in [0.3, 0.4) is 0 Å². The van der Waals surface area contributed by atoms with E-state index in [1.54, 1.807) is 25.6 Å². The van der Waals surface area contributed by atoms with Crippen LogP contribution in [0.5, 0.6) is 17.2 Å². The number of aryl methyl sites for hydroxylation is 1. The zero-order chi connectivity index (χ0) is 23.2. The Hall–Kier alpha value is -3.07. The third kappa shape index (κ3) is 5.30. The summed E-state index contributed by atoms with van der Waals surface area (Å²) in [5.74, 6) is 2.15. The molecular formula is C25H29N3O4S. The summed E-state index contributed by atoms with van der Waals surface area (Å²) in [5.41, 5.74) is 4.07. The Balaban J connectivity index is 1.29. The summed E-state index contributed by atoms with van der Waals surface area (Å²) in [6.07, 6.45) is 0.182. The number of aliphatic hydroxyl groups excluding tert-OH is 1. The minimum atomic E-state index is -0.631. The number of fused-ring (bicyclic) bond motifs is 1. The fourth-order valence-corrected chi connectivity index (χ4v) is 4.65. The number of aromatic nitrogens is 2. The predicted octanol–water partition coefficient (Wildman–Crippen LogP) is 3.89. The van der Waals surface area contributed by atoms with Gasteiger partial charge >= 0.3 is 0 Å². The summed E-state index contributed by atoms with van der Waals surface area (Å²) in [7, 11) is 5.20. The Morgan fingerprint density at radius 2 is 1.88 bits per heavy atom. The lowest BCUT2D eigenvalue weighted by molar-refractivity contribution is 0.107. The van der Waals surface area contributed by atoms with Gasteiger partial charge in [0.25, 0.3) is 0 Å². The van der Waals surface area contributed by atoms with Crippen LogP contribution in [0.25, 0.3) is 21.5 Å². The van der Waals surface area contributed by atoms with E-state index in [2.05, 4.69) is 21.9 Å². The molecule has 0 aliphatic rings. The average molecular weight is 468 g/mol. The lowest BCUT2D eigenvalue weighted by atomic mass is 10.1. The SMILES string of the molecule is COc1ccc(CCNCC(O)COc2ccccc2-c2nn(C)c3ccsc23)cc1OC. The van der Waals surface area contributed by atoms with E-state index in [1.165, 1.54) is 0 Å². The molecule has 0 saturated carbocycles. The van der Waals surface area contributed by atoms with E-state index in [9.17, 15) is 5.11 Å². The van der Waals surface area contributed by atoms with Crippen molar-refractivity contribution >= 4 is 21.6 Å². The summed E-state index contributed by atoms with van der Waals surface area (Å²) >= 11 is 1.67. The number of thiophene rings is 1. The van der Waals surface area contributed by atoms with Crippen LogP contribution in [0.4, 0.5) is 0 Å². The van der Waals surface area contributed by atoms with Gasteiger partial charge in [0.15, 0.2) is 11.5 Å². The second kappa shape index (κ2) is 10.7. The summed E-state index contributed by atoms with van der Waals surface area (Å²) < 4.78 is 19.6. The molecule has 0 saturated heterocycles. The number of ether oxygens (including phenoxy) is 3. The Morgan fingerprint density at radius 1 is 1.06 bits per heavy atom. The van der Waals surface area contributed by atoms with E-state index in [4.69, 9.17) is 14.2 Å². The molecule has 174 valence electrons. The van der Waals surface area contributed by atoms with Crippen LogP contribution < -0.4 is 19.5 Å². The van der Waals surface area contributed by atoms with Gasteiger partial charge in [-0.2, -0.15) is 5.10 Å². The Bertz CT molecular complexity index is 1200. The van der Waals surface area contributed by atoms with Gasteiger partial charge in [0.1, 0.15) is 24.2 Å². The van der Waals surface area contributed by atoms with Crippen molar-refractivity contribution in [3.8, 4) is 28.5 Å². The van der Waals surface area contributed by atoms with E-state index in [1.807, 2.05) is 54.2 Å². The van der Waals surface area contributed by atoms with Gasteiger partial charge in [0.2, 0.25) is 0 Å². The zero-order valence-electron chi connectivity index (χ0n) is 19.1. The third-order valence-corrected chi connectivity index (χ3v) is 6.36. The molecule has 33 heavy (non-hydrogen) atoms. The normalized spacial score (nSPS) is 12.1. The van der Waals surface area contributed by atoms with Gasteiger partial charge in [-0.3, -0.25) is 4.68 Å². The standard InChI is InChI=1S/C25H29N3O4S/c1-28-20-11-13-33-25(20)24(27-28)19-6-4-5-7-21(19)32-16-18(29)15-26-12-10-17-8-9-22(30-2)23(14-17)31-3/h4-9,11,13-14,18,26,29H,10,12,15-16H2,1-3H3. The third-order valence-electron chi connectivity index (χ3n) is 5.45. The number of hydrogen-bond acceptors (Lipinski definition) is 7. The molecule has 4 rings (SSSR count). The topological polar surface area (TPSA) is 77.8 Å². The minimum Gasteiger partial charge on any atom is -0.493 e. The van der Waals surface area contributed by atoms with Crippen molar-refractivity contribution in [2.45, 2.75) is 12.5 Å². The fraction of sp³-hybridized carbons (Fsp3) is 0.320. The van der Waals surface area contributed by atoms with E-state index < -0.39 is 6.10 Å². The summed E-state index contributed by atoms with van der Waals surface area (Å²) in [4.78, 5) is 0. The van der Waals surface area contributed by atoms with Crippen molar-refractivity contribution in [2.24, 2.45) is 7.05 Å². The lowest BCUT2D eigenvalue weighted by Gasteiger charge is -2.15. The summed E-state index contributed by atoms with van der Waals surface area (Å²) in [6.45, 7) is 1.36. The van der Waals surface area contributed by atoms with Gasteiger partial charge in [-0.25, -0.2) is 0 Å². The molecule has 2 aromatic carbocycles. The highest BCUT2D eigenvalue weighted by Crippen LogP contribution is 2.36. The number of methoxy groups -OCH3 is 2. The van der Waals surface area contributed by atoms with Gasteiger partial charge in [-0.15, -0.1) is 11.3 Å². The first-order chi connectivity index (χ1) is 16.1. The molecule has 1 atom stereocenters. The number of para-hydroxylation sites is 1. The van der Waals surface area contributed by atoms with Crippen molar-refractivity contribution in [1.82, 2.24) is 15.1 Å². The van der Waals surface area contributed by atoms with Gasteiger partial charge in [-0.1, -0.05) is 18.2 Å². The number of rotatable bonds is 11. The van der Waals surface area contributed by atoms with E-state index in [-0.39, 0.29) is 6.61 Å². The first-order valence-electron chi connectivity index (χ1n) is 10.8. The van der Waals surface area contributed by atoms with Crippen molar-refractivity contribution in [3.63, 3.8) is 0 Å². The van der Waals surface area contributed by atoms with Crippen molar-refractivity contribution in [3.05, 3.63) is 59.5 Å². The first kappa shape index (κ1) is 23.1. The number of aliphatic hydroxyl groups is 1. The maximum Gasteiger partial charge on any atom is 0.160 e. The second-order valence-corrected chi connectivity index (χ2v) is 8.63. The molecule has 7 nitrogen and oxygen atoms in total. The highest BCUT2D eigenvalue weighted by Gasteiger charge is 2.16. The number of nitrogens with zero attached hydrogens (tertiary/aromatic N) is 2. The maximum atomic E-state index is 10.4. The quantitative estimate of drug-likeness (QED) is 0.326. The van der Waals surface area contributed by atoms with E-state index in [0.717, 1.165) is 51.5 Å². The molecule has 0 aliphatic heterocycles. The Morgan fingerprint density at radius 3 is 2.70 bits per heavy atom. The Kier molecular flexibility index (Phi) is 7.49. The number of benzene rings is 2. The van der Waals surface area contributed by atoms with Crippen molar-refractivity contribution in [1.29, 1.82) is 0 Å². The second-order valence-electron chi connectivity index (χ2n) is 7.71. The van der Waals surface area contributed by atoms with Crippen LogP contribution in [0.1, 0.15) is 5.56 Å². The highest BCUT2D eigenvalue weighted by molar-refractivity contribution is 7.17. The molecule has 0 aliphatic carbocycles. The van der Waals surface area contributed by atoms with Crippen molar-refractivity contribution in [2.75, 3.05) is 33.9 Å². The minimum absolute atomic E-state index is 0.195. The van der Waals surface area contributed by atoms with E-state index in [0.29, 0.717) is 12.3 Å². The molecule has 0 radical (unpaired) electrons. The van der Waals surface area contributed by atoms with Gasteiger partial charge < -0.3 is 24.6 Å². The van der Waals surface area contributed by atoms with Crippen LogP contribution in [0.2, 0.25) is 0 Å². The molecule has 0 spiro atoms. The van der Waals surface area contributed by atoms with Crippen LogP contribution >= 0.6 is 11.3 Å². The molecule has 2 heterocycles. The molecule has 2 N–H and O–H groups in total. The van der Waals surface area contributed by atoms with Gasteiger partial charge in [0.05, 0.1) is 24.4 Å². The molecule has 8 heteroatoms. The van der Waals surface area contributed by atoms with Crippen LogP contribution in [0, 0.1) is 0 Å². The molecular weight excluding hydrogens is 438 g/mol. The highest BCUT2D eigenvalue weighted by atomic mass is 32.1. The van der Waals surface area contributed by atoms with Gasteiger partial charge in [0, 0.05) is 19.2 Å². The molecule has 0 amide bonds. The van der Waals surface area contributed by atoms with Crippen LogP contribution in [-0.4, -0.2) is 54.9 Å². The van der Waals surface area contributed by atoms with Gasteiger partial charge in [-0.05, 0) is 54.2 Å². The summed E-state index contributed by atoms with van der Waals surface area (Å²) in [6, 6.07) is 15.8. The van der Waals surface area contributed by atoms with Crippen molar-refractivity contribution < 1.29 is 19.3 Å². The molecule has 2 aromatic heterocycles. The molecule has 1 unspecified atom stereocenters. The van der Waals surface area contributed by atoms with Crippen LogP contribution in [-0.2, 0) is 13.5 Å². The monoisotopic (exact) mass is 467 g/mol. The van der Waals surface area contributed by atoms with Crippen LogP contribution in [0.15, 0.2) is 53.9 Å². The number of nitrogens with one attached hydrogen (secondary N) is 1. The molecule has 0 fully saturated rings. The molecule has 0 bridgehead atoms. The summed E-state index contributed by atoms with van der Waals surface area (Å²) in [5, 5.41) is 20.5. The van der Waals surface area contributed by atoms with E-state index >= 15 is 0 Å². The largest absolute Gasteiger partial charge is 0.493 e. The molecule has 4 aromatic rings.